The van der Waals surface area contributed by atoms with Crippen LogP contribution in [0.4, 0.5) is 0 Å². The molecule has 2 heteroatoms. The van der Waals surface area contributed by atoms with Crippen LogP contribution in [0.3, 0.4) is 0 Å². The van der Waals surface area contributed by atoms with Crippen LogP contribution >= 0.6 is 0 Å². The van der Waals surface area contributed by atoms with Gasteiger partial charge in [0.25, 0.3) is 0 Å². The second kappa shape index (κ2) is 5.43. The molecule has 0 N–H and O–H groups in total. The highest BCUT2D eigenvalue weighted by Crippen LogP contribution is 2.37. The number of aromatic nitrogens is 2. The molecule has 126 valence electrons. The molecule has 0 radical (unpaired) electrons. The first-order valence-corrected chi connectivity index (χ1v) is 9.00. The van der Waals surface area contributed by atoms with Crippen LogP contribution in [0, 0.1) is 20.8 Å². The van der Waals surface area contributed by atoms with Gasteiger partial charge in [0.05, 0.1) is 17.2 Å². The topological polar surface area (TPSA) is 17.3 Å². The van der Waals surface area contributed by atoms with Crippen molar-refractivity contribution >= 4 is 27.2 Å². The molecule has 3 aromatic carbocycles. The molecule has 5 rings (SSSR count). The van der Waals surface area contributed by atoms with E-state index in [1.54, 1.807) is 0 Å². The van der Waals surface area contributed by atoms with Gasteiger partial charge in [-0.05, 0) is 48.9 Å². The van der Waals surface area contributed by atoms with E-state index in [0.717, 1.165) is 5.52 Å². The third-order valence-corrected chi connectivity index (χ3v) is 5.37. The summed E-state index contributed by atoms with van der Waals surface area (Å²) in [6.07, 6.45) is 2.02. The predicted molar refractivity (Wildman–Crippen MR) is 110 cm³/mol. The van der Waals surface area contributed by atoms with Gasteiger partial charge in [0.15, 0.2) is 0 Å². The number of hydrogen-bond donors (Lipinski definition) is 0. The fourth-order valence-corrected chi connectivity index (χ4v) is 4.19. The fourth-order valence-electron chi connectivity index (χ4n) is 4.19. The van der Waals surface area contributed by atoms with Crippen LogP contribution in [-0.2, 0) is 0 Å². The molecule has 2 heterocycles. The highest BCUT2D eigenvalue weighted by atomic mass is 15.2. The van der Waals surface area contributed by atoms with E-state index in [9.17, 15) is 0 Å². The zero-order valence-corrected chi connectivity index (χ0v) is 15.2. The first kappa shape index (κ1) is 15.2. The Hall–Kier alpha value is -3.13. The summed E-state index contributed by atoms with van der Waals surface area (Å²) in [5.74, 6) is 0. The zero-order valence-electron chi connectivity index (χ0n) is 15.2. The van der Waals surface area contributed by atoms with Crippen LogP contribution in [0.15, 0.2) is 66.9 Å². The van der Waals surface area contributed by atoms with Crippen LogP contribution in [0.2, 0.25) is 0 Å². The highest BCUT2D eigenvalue weighted by molar-refractivity contribution is 6.15. The molecule has 0 saturated carbocycles. The van der Waals surface area contributed by atoms with E-state index in [1.807, 2.05) is 6.20 Å². The van der Waals surface area contributed by atoms with Crippen LogP contribution < -0.4 is 0 Å². The van der Waals surface area contributed by atoms with Crippen LogP contribution in [0.5, 0.6) is 0 Å². The Morgan fingerprint density at radius 3 is 2.31 bits per heavy atom. The number of para-hydroxylation sites is 1. The van der Waals surface area contributed by atoms with E-state index < -0.39 is 0 Å². The molecule has 0 bridgehead atoms. The van der Waals surface area contributed by atoms with Gasteiger partial charge in [-0.15, -0.1) is 0 Å². The summed E-state index contributed by atoms with van der Waals surface area (Å²) in [5.41, 5.74) is 8.69. The molecule has 2 nitrogen and oxygen atoms in total. The van der Waals surface area contributed by atoms with Crippen molar-refractivity contribution in [1.29, 1.82) is 0 Å². The number of aryl methyl sites for hydroxylation is 3. The maximum Gasteiger partial charge on any atom is 0.0826 e. The molecule has 0 spiro atoms. The molecule has 0 amide bonds. The number of nitrogens with zero attached hydrogens (tertiary/aromatic N) is 2. The standard InChI is InChI=1S/C24H20N2/c1-15-11-12-19-20(13-15)18-9-4-5-10-22(18)26-24(19)21(14-25-26)23-16(2)7-6-8-17(23)3/h4-14H,1-3H3. The van der Waals surface area contributed by atoms with Gasteiger partial charge in [0.1, 0.15) is 0 Å². The lowest BCUT2D eigenvalue weighted by atomic mass is 9.94. The summed E-state index contributed by atoms with van der Waals surface area (Å²) in [6, 6.07) is 21.7. The first-order valence-electron chi connectivity index (χ1n) is 9.00. The molecule has 0 aliphatic rings. The van der Waals surface area contributed by atoms with Gasteiger partial charge in [-0.1, -0.05) is 60.2 Å². The summed E-state index contributed by atoms with van der Waals surface area (Å²) in [5, 5.41) is 8.59. The van der Waals surface area contributed by atoms with Gasteiger partial charge >= 0.3 is 0 Å². The molecule has 26 heavy (non-hydrogen) atoms. The van der Waals surface area contributed by atoms with E-state index >= 15 is 0 Å². The third kappa shape index (κ3) is 2.02. The SMILES string of the molecule is Cc1ccc2c(c1)c1ccccc1n1ncc(-c3c(C)cccc3C)c21. The van der Waals surface area contributed by atoms with Crippen molar-refractivity contribution in [2.75, 3.05) is 0 Å². The van der Waals surface area contributed by atoms with Gasteiger partial charge in [0.2, 0.25) is 0 Å². The van der Waals surface area contributed by atoms with Crippen LogP contribution in [0.1, 0.15) is 16.7 Å². The van der Waals surface area contributed by atoms with E-state index in [2.05, 4.69) is 86.0 Å². The molecular formula is C24H20N2. The summed E-state index contributed by atoms with van der Waals surface area (Å²) < 4.78 is 2.11. The van der Waals surface area contributed by atoms with Crippen molar-refractivity contribution in [1.82, 2.24) is 9.61 Å². The Balaban J connectivity index is 2.05. The van der Waals surface area contributed by atoms with Crippen LogP contribution in [-0.4, -0.2) is 9.61 Å². The van der Waals surface area contributed by atoms with Crippen molar-refractivity contribution < 1.29 is 0 Å². The summed E-state index contributed by atoms with van der Waals surface area (Å²) in [4.78, 5) is 0. The first-order chi connectivity index (χ1) is 12.6. The van der Waals surface area contributed by atoms with Crippen molar-refractivity contribution in [2.24, 2.45) is 0 Å². The van der Waals surface area contributed by atoms with Gasteiger partial charge in [-0.2, -0.15) is 5.10 Å². The van der Waals surface area contributed by atoms with Crippen LogP contribution in [0.25, 0.3) is 38.3 Å². The second-order valence-corrected chi connectivity index (χ2v) is 7.15. The minimum absolute atomic E-state index is 1.15. The Labute approximate surface area is 152 Å². The van der Waals surface area contributed by atoms with Crippen molar-refractivity contribution in [3.8, 4) is 11.1 Å². The molecule has 0 aliphatic heterocycles. The Bertz CT molecular complexity index is 1290. The number of pyridine rings is 1. The monoisotopic (exact) mass is 336 g/mol. The molecule has 0 saturated heterocycles. The smallest absolute Gasteiger partial charge is 0.0826 e. The van der Waals surface area contributed by atoms with Crippen molar-refractivity contribution in [2.45, 2.75) is 20.8 Å². The number of rotatable bonds is 1. The maximum atomic E-state index is 4.79. The maximum absolute atomic E-state index is 4.79. The van der Waals surface area contributed by atoms with Crippen molar-refractivity contribution in [3.05, 3.63) is 83.6 Å². The average molecular weight is 336 g/mol. The summed E-state index contributed by atoms with van der Waals surface area (Å²) in [6.45, 7) is 6.51. The number of hydrogen-bond acceptors (Lipinski definition) is 1. The third-order valence-electron chi connectivity index (χ3n) is 5.37. The predicted octanol–water partition coefficient (Wildman–Crippen LogP) is 6.23. The number of benzene rings is 3. The lowest BCUT2D eigenvalue weighted by Crippen LogP contribution is -1.94. The van der Waals surface area contributed by atoms with Gasteiger partial charge in [-0.25, -0.2) is 4.52 Å². The molecule has 5 aromatic rings. The molecule has 0 aliphatic carbocycles. The quantitative estimate of drug-likeness (QED) is 0.332. The number of fused-ring (bicyclic) bond motifs is 6. The van der Waals surface area contributed by atoms with Crippen molar-refractivity contribution in [3.63, 3.8) is 0 Å². The highest BCUT2D eigenvalue weighted by Gasteiger charge is 2.16. The van der Waals surface area contributed by atoms with E-state index in [4.69, 9.17) is 5.10 Å². The minimum atomic E-state index is 1.15. The molecule has 0 fully saturated rings. The van der Waals surface area contributed by atoms with E-state index in [1.165, 1.54) is 49.5 Å². The normalized spacial score (nSPS) is 11.7. The lowest BCUT2D eigenvalue weighted by Gasteiger charge is -2.12. The Kier molecular flexibility index (Phi) is 3.17. The Morgan fingerprint density at radius 2 is 1.50 bits per heavy atom. The van der Waals surface area contributed by atoms with Gasteiger partial charge < -0.3 is 0 Å². The summed E-state index contributed by atoms with van der Waals surface area (Å²) in [7, 11) is 0. The second-order valence-electron chi connectivity index (χ2n) is 7.15. The van der Waals surface area contributed by atoms with E-state index in [0.29, 0.717) is 0 Å². The zero-order chi connectivity index (χ0) is 17.8. The Morgan fingerprint density at radius 1 is 0.731 bits per heavy atom. The lowest BCUT2D eigenvalue weighted by molar-refractivity contribution is 1.01. The van der Waals surface area contributed by atoms with E-state index in [-0.39, 0.29) is 0 Å². The summed E-state index contributed by atoms with van der Waals surface area (Å²) >= 11 is 0. The largest absolute Gasteiger partial charge is 0.232 e. The minimum Gasteiger partial charge on any atom is -0.232 e. The average Bonchev–Trinajstić information content (AvgIpc) is 3.07. The van der Waals surface area contributed by atoms with Gasteiger partial charge in [0, 0.05) is 16.3 Å². The molecule has 2 aromatic heterocycles. The molecule has 0 unspecified atom stereocenters. The fraction of sp³-hybridized carbons (Fsp3) is 0.125. The molecule has 0 atom stereocenters. The molecular weight excluding hydrogens is 316 g/mol. The van der Waals surface area contributed by atoms with Gasteiger partial charge in [-0.3, -0.25) is 0 Å².